The van der Waals surface area contributed by atoms with Crippen LogP contribution in [-0.4, -0.2) is 42.7 Å². The van der Waals surface area contributed by atoms with Crippen LogP contribution in [0.15, 0.2) is 12.4 Å². The van der Waals surface area contributed by atoms with Crippen LogP contribution < -0.4 is 4.90 Å². The van der Waals surface area contributed by atoms with Gasteiger partial charge in [-0.05, 0) is 26.7 Å². The third-order valence-corrected chi connectivity index (χ3v) is 3.84. The SMILES string of the molecule is Cc1nnc2c(N3CCC[C@@]3(C)C(=O)O)nccn12. The predicted octanol–water partition coefficient (Wildman–Crippen LogP) is 0.876. The van der Waals surface area contributed by atoms with Crippen molar-refractivity contribution >= 4 is 17.4 Å². The van der Waals surface area contributed by atoms with E-state index in [-0.39, 0.29) is 0 Å². The van der Waals surface area contributed by atoms with Crippen molar-refractivity contribution in [3.63, 3.8) is 0 Å². The minimum Gasteiger partial charge on any atom is -0.480 e. The molecule has 0 aromatic carbocycles. The van der Waals surface area contributed by atoms with Crippen LogP contribution in [0.25, 0.3) is 5.65 Å². The highest BCUT2D eigenvalue weighted by Crippen LogP contribution is 2.34. The zero-order valence-corrected chi connectivity index (χ0v) is 10.9. The van der Waals surface area contributed by atoms with Gasteiger partial charge in [-0.1, -0.05) is 0 Å². The van der Waals surface area contributed by atoms with Gasteiger partial charge < -0.3 is 10.0 Å². The van der Waals surface area contributed by atoms with Crippen LogP contribution in [0.3, 0.4) is 0 Å². The highest BCUT2D eigenvalue weighted by atomic mass is 16.4. The first kappa shape index (κ1) is 11.9. The molecule has 0 aliphatic carbocycles. The Bertz CT molecular complexity index is 653. The van der Waals surface area contributed by atoms with Crippen LogP contribution in [0.4, 0.5) is 5.82 Å². The van der Waals surface area contributed by atoms with Crippen LogP contribution in [0.1, 0.15) is 25.6 Å². The number of hydrogen-bond donors (Lipinski definition) is 1. The highest BCUT2D eigenvalue weighted by Gasteiger charge is 2.45. The van der Waals surface area contributed by atoms with E-state index in [2.05, 4.69) is 15.2 Å². The summed E-state index contributed by atoms with van der Waals surface area (Å²) in [7, 11) is 0. The van der Waals surface area contributed by atoms with Crippen molar-refractivity contribution in [1.82, 2.24) is 19.6 Å². The van der Waals surface area contributed by atoms with Gasteiger partial charge in [0.25, 0.3) is 0 Å². The van der Waals surface area contributed by atoms with Crippen LogP contribution >= 0.6 is 0 Å². The largest absolute Gasteiger partial charge is 0.480 e. The zero-order chi connectivity index (χ0) is 13.6. The molecule has 0 spiro atoms. The molecule has 7 heteroatoms. The standard InChI is InChI=1S/C12H15N5O2/c1-8-14-15-10-9(13-5-7-16(8)10)17-6-3-4-12(17,2)11(18)19/h5,7H,3-4,6H2,1-2H3,(H,18,19)/t12-/m0/s1. The van der Waals surface area contributed by atoms with E-state index in [1.807, 2.05) is 16.2 Å². The molecule has 19 heavy (non-hydrogen) atoms. The molecule has 0 bridgehead atoms. The van der Waals surface area contributed by atoms with Crippen molar-refractivity contribution in [2.45, 2.75) is 32.2 Å². The van der Waals surface area contributed by atoms with Gasteiger partial charge in [-0.25, -0.2) is 9.78 Å². The predicted molar refractivity (Wildman–Crippen MR) is 68.1 cm³/mol. The van der Waals surface area contributed by atoms with Crippen LogP contribution in [0, 0.1) is 6.92 Å². The summed E-state index contributed by atoms with van der Waals surface area (Å²) in [4.78, 5) is 17.7. The van der Waals surface area contributed by atoms with Crippen molar-refractivity contribution in [2.24, 2.45) is 0 Å². The number of carboxylic acid groups (broad SMARTS) is 1. The molecule has 0 unspecified atom stereocenters. The second kappa shape index (κ2) is 3.91. The number of fused-ring (bicyclic) bond motifs is 1. The smallest absolute Gasteiger partial charge is 0.329 e. The Kier molecular flexibility index (Phi) is 2.44. The Morgan fingerprint density at radius 2 is 2.26 bits per heavy atom. The topological polar surface area (TPSA) is 83.6 Å². The lowest BCUT2D eigenvalue weighted by Gasteiger charge is -2.31. The van der Waals surface area contributed by atoms with E-state index in [0.717, 1.165) is 12.2 Å². The van der Waals surface area contributed by atoms with Gasteiger partial charge in [-0.15, -0.1) is 10.2 Å². The second-order valence-electron chi connectivity index (χ2n) is 5.03. The Labute approximate surface area is 109 Å². The summed E-state index contributed by atoms with van der Waals surface area (Å²) >= 11 is 0. The summed E-state index contributed by atoms with van der Waals surface area (Å²) in [6.45, 7) is 4.25. The number of aliphatic carboxylic acids is 1. The molecule has 0 radical (unpaired) electrons. The quantitative estimate of drug-likeness (QED) is 0.863. The first-order chi connectivity index (χ1) is 9.04. The molecular weight excluding hydrogens is 246 g/mol. The van der Waals surface area contributed by atoms with Gasteiger partial charge in [0.2, 0.25) is 5.65 Å². The monoisotopic (exact) mass is 261 g/mol. The average molecular weight is 261 g/mol. The number of anilines is 1. The lowest BCUT2D eigenvalue weighted by molar-refractivity contribution is -0.142. The molecule has 1 N–H and O–H groups in total. The molecule has 7 nitrogen and oxygen atoms in total. The minimum absolute atomic E-state index is 0.588. The van der Waals surface area contributed by atoms with E-state index in [0.29, 0.717) is 24.4 Å². The van der Waals surface area contributed by atoms with E-state index in [1.54, 1.807) is 19.3 Å². The number of carbonyl (C=O) groups is 1. The minimum atomic E-state index is -0.922. The van der Waals surface area contributed by atoms with Gasteiger partial charge in [0, 0.05) is 18.9 Å². The molecule has 1 fully saturated rings. The summed E-state index contributed by atoms with van der Waals surface area (Å²) in [5, 5.41) is 17.6. The first-order valence-corrected chi connectivity index (χ1v) is 6.21. The van der Waals surface area contributed by atoms with Gasteiger partial charge in [0.1, 0.15) is 11.4 Å². The maximum atomic E-state index is 11.5. The molecule has 1 aliphatic heterocycles. The van der Waals surface area contributed by atoms with Gasteiger partial charge in [0.15, 0.2) is 5.82 Å². The number of aromatic nitrogens is 4. The number of aryl methyl sites for hydroxylation is 1. The fourth-order valence-electron chi connectivity index (χ4n) is 2.64. The molecule has 2 aromatic rings. The maximum Gasteiger partial charge on any atom is 0.329 e. The fraction of sp³-hybridized carbons (Fsp3) is 0.500. The van der Waals surface area contributed by atoms with Gasteiger partial charge in [-0.2, -0.15) is 0 Å². The van der Waals surface area contributed by atoms with Crippen LogP contribution in [0.5, 0.6) is 0 Å². The van der Waals surface area contributed by atoms with E-state index in [1.165, 1.54) is 0 Å². The number of hydrogen-bond acceptors (Lipinski definition) is 5. The summed E-state index contributed by atoms with van der Waals surface area (Å²) in [6.07, 6.45) is 4.87. The summed E-state index contributed by atoms with van der Waals surface area (Å²) in [6, 6.07) is 0. The Morgan fingerprint density at radius 3 is 3.00 bits per heavy atom. The highest BCUT2D eigenvalue weighted by molar-refractivity contribution is 5.85. The normalized spacial score (nSPS) is 23.2. The Balaban J connectivity index is 2.17. The lowest BCUT2D eigenvalue weighted by atomic mass is 9.99. The van der Waals surface area contributed by atoms with Crippen molar-refractivity contribution in [1.29, 1.82) is 0 Å². The lowest BCUT2D eigenvalue weighted by Crippen LogP contribution is -2.48. The van der Waals surface area contributed by atoms with Crippen molar-refractivity contribution in [3.05, 3.63) is 18.2 Å². The number of carboxylic acids is 1. The third kappa shape index (κ3) is 1.57. The molecule has 3 rings (SSSR count). The first-order valence-electron chi connectivity index (χ1n) is 6.21. The summed E-state index contributed by atoms with van der Waals surface area (Å²) in [5.41, 5.74) is -0.316. The van der Waals surface area contributed by atoms with Crippen LogP contribution in [0.2, 0.25) is 0 Å². The zero-order valence-electron chi connectivity index (χ0n) is 10.9. The number of nitrogens with zero attached hydrogens (tertiary/aromatic N) is 5. The van der Waals surface area contributed by atoms with Crippen molar-refractivity contribution in [2.75, 3.05) is 11.4 Å². The van der Waals surface area contributed by atoms with Crippen molar-refractivity contribution < 1.29 is 9.90 Å². The third-order valence-electron chi connectivity index (χ3n) is 3.84. The maximum absolute atomic E-state index is 11.5. The molecule has 100 valence electrons. The van der Waals surface area contributed by atoms with Crippen LogP contribution in [-0.2, 0) is 4.79 Å². The molecule has 1 saturated heterocycles. The van der Waals surface area contributed by atoms with Crippen molar-refractivity contribution in [3.8, 4) is 0 Å². The molecular formula is C12H15N5O2. The van der Waals surface area contributed by atoms with Gasteiger partial charge in [-0.3, -0.25) is 4.40 Å². The van der Waals surface area contributed by atoms with Gasteiger partial charge in [0.05, 0.1) is 0 Å². The van der Waals surface area contributed by atoms with E-state index in [4.69, 9.17) is 0 Å². The van der Waals surface area contributed by atoms with E-state index >= 15 is 0 Å². The number of rotatable bonds is 2. The molecule has 2 aromatic heterocycles. The Morgan fingerprint density at radius 1 is 1.47 bits per heavy atom. The summed E-state index contributed by atoms with van der Waals surface area (Å²) in [5.74, 6) is 0.519. The fourth-order valence-corrected chi connectivity index (χ4v) is 2.64. The van der Waals surface area contributed by atoms with Gasteiger partial charge >= 0.3 is 5.97 Å². The Hall–Kier alpha value is -2.18. The average Bonchev–Trinajstić information content (AvgIpc) is 2.95. The molecule has 0 saturated carbocycles. The molecule has 3 heterocycles. The molecule has 1 atom stereocenters. The second-order valence-corrected chi connectivity index (χ2v) is 5.03. The van der Waals surface area contributed by atoms with E-state index in [9.17, 15) is 9.90 Å². The molecule has 1 aliphatic rings. The molecule has 0 amide bonds. The summed E-state index contributed by atoms with van der Waals surface area (Å²) < 4.78 is 1.82. The van der Waals surface area contributed by atoms with E-state index < -0.39 is 11.5 Å².